The summed E-state index contributed by atoms with van der Waals surface area (Å²) in [4.78, 5) is 45.4. The fourth-order valence-corrected chi connectivity index (χ4v) is 7.27. The highest BCUT2D eigenvalue weighted by Gasteiger charge is 2.25. The number of benzene rings is 6. The predicted octanol–water partition coefficient (Wildman–Crippen LogP) is 9.92. The van der Waals surface area contributed by atoms with Gasteiger partial charge >= 0.3 is 11.9 Å². The van der Waals surface area contributed by atoms with Crippen molar-refractivity contribution in [3.05, 3.63) is 201 Å². The second kappa shape index (κ2) is 23.1. The Morgan fingerprint density at radius 3 is 1.09 bits per heavy atom. The van der Waals surface area contributed by atoms with E-state index in [0.717, 1.165) is 33.4 Å². The summed E-state index contributed by atoms with van der Waals surface area (Å²) in [5, 5.41) is 23.3. The second-order valence-electron chi connectivity index (χ2n) is 15.3. The van der Waals surface area contributed by atoms with Gasteiger partial charge in [-0.3, -0.25) is 20.0 Å². The minimum absolute atomic E-state index is 0.0418. The van der Waals surface area contributed by atoms with Crippen LogP contribution in [0.15, 0.2) is 166 Å². The summed E-state index contributed by atoms with van der Waals surface area (Å²) in [6.45, 7) is 7.80. The summed E-state index contributed by atoms with van der Waals surface area (Å²) in [5.74, 6) is -0.973. The molecule has 0 amide bonds. The van der Waals surface area contributed by atoms with Gasteiger partial charge in [0.25, 0.3) is 0 Å². The highest BCUT2D eigenvalue weighted by atomic mass is 16.5. The Morgan fingerprint density at radius 2 is 0.781 bits per heavy atom. The number of ether oxygens (including phenoxy) is 2. The number of carbonyl (C=O) groups is 2. The molecular weight excluding hydrogens is 801 g/mol. The number of nitrogens with zero attached hydrogens (tertiary/aromatic N) is 4. The zero-order chi connectivity index (χ0) is 45.3. The Hall–Kier alpha value is -7.46. The van der Waals surface area contributed by atoms with Crippen LogP contribution in [0.3, 0.4) is 0 Å². The lowest BCUT2D eigenvalue weighted by Crippen LogP contribution is -2.24. The van der Waals surface area contributed by atoms with Crippen LogP contribution in [0.1, 0.15) is 81.6 Å². The minimum Gasteiger partial charge on any atom is -0.507 e. The maximum Gasteiger partial charge on any atom is 0.331 e. The van der Waals surface area contributed by atoms with Crippen molar-refractivity contribution >= 4 is 36.8 Å². The third-order valence-corrected chi connectivity index (χ3v) is 10.4. The number of esters is 2. The van der Waals surface area contributed by atoms with Gasteiger partial charge in [0.2, 0.25) is 0 Å². The van der Waals surface area contributed by atoms with E-state index in [-0.39, 0.29) is 24.7 Å². The first-order chi connectivity index (χ1) is 31.1. The molecule has 0 heterocycles. The number of aromatic hydroxyl groups is 2. The molecule has 0 spiro atoms. The molecule has 6 rings (SSSR count). The Labute approximate surface area is 375 Å². The van der Waals surface area contributed by atoms with Gasteiger partial charge in [-0.2, -0.15) is 0 Å². The molecule has 0 fully saturated rings. The summed E-state index contributed by atoms with van der Waals surface area (Å²) in [7, 11) is 0. The average molecular weight is 855 g/mol. The van der Waals surface area contributed by atoms with Crippen LogP contribution in [-0.2, 0) is 31.9 Å². The number of phenols is 2. The van der Waals surface area contributed by atoms with Crippen molar-refractivity contribution in [2.24, 2.45) is 20.0 Å². The maximum absolute atomic E-state index is 13.0. The highest BCUT2D eigenvalue weighted by Crippen LogP contribution is 2.36. The molecule has 0 aliphatic heterocycles. The first-order valence-electron chi connectivity index (χ1n) is 21.4. The molecule has 0 aliphatic rings. The second-order valence-corrected chi connectivity index (χ2v) is 15.3. The SMILES string of the molecule is CCOC(=O)[C@H](Cc1ccccc1)N=Cc1cc(C)cc(C=N[C@H](c2ccccc2)[C@H](N=Cc2cc(C)cc(C=N[C@@H](Cc3ccccc3)C(=O)OCC)c2O)c2ccccc2)c1O. The van der Waals surface area contributed by atoms with E-state index in [1.54, 1.807) is 38.4 Å². The summed E-state index contributed by atoms with van der Waals surface area (Å²) >= 11 is 0. The number of carbonyl (C=O) groups excluding carboxylic acids is 2. The number of rotatable bonds is 19. The molecule has 6 aromatic carbocycles. The molecular formula is C54H54N4O6. The fourth-order valence-electron chi connectivity index (χ4n) is 7.27. The molecule has 0 aliphatic carbocycles. The lowest BCUT2D eigenvalue weighted by atomic mass is 9.94. The monoisotopic (exact) mass is 854 g/mol. The van der Waals surface area contributed by atoms with Gasteiger partial charge in [-0.1, -0.05) is 121 Å². The Balaban J connectivity index is 1.35. The van der Waals surface area contributed by atoms with Crippen LogP contribution in [0.5, 0.6) is 11.5 Å². The van der Waals surface area contributed by atoms with Crippen LogP contribution < -0.4 is 0 Å². The predicted molar refractivity (Wildman–Crippen MR) is 256 cm³/mol. The van der Waals surface area contributed by atoms with Gasteiger partial charge in [0.05, 0.1) is 13.2 Å². The van der Waals surface area contributed by atoms with Crippen molar-refractivity contribution in [2.75, 3.05) is 13.2 Å². The van der Waals surface area contributed by atoms with Gasteiger partial charge in [-0.25, -0.2) is 9.59 Å². The average Bonchev–Trinajstić information content (AvgIpc) is 3.31. The van der Waals surface area contributed by atoms with Crippen LogP contribution in [0.25, 0.3) is 0 Å². The molecule has 10 heteroatoms. The number of phenolic OH excluding ortho intramolecular Hbond substituents is 2. The summed E-state index contributed by atoms with van der Waals surface area (Å²) in [5.41, 5.74) is 7.12. The van der Waals surface area contributed by atoms with Crippen LogP contribution in [-0.4, -0.2) is 72.3 Å². The van der Waals surface area contributed by atoms with E-state index in [4.69, 9.17) is 19.5 Å². The summed E-state index contributed by atoms with van der Waals surface area (Å²) in [6.07, 6.45) is 7.01. The number of hydrogen-bond acceptors (Lipinski definition) is 10. The first kappa shape index (κ1) is 46.1. The molecule has 4 atom stereocenters. The molecule has 6 aromatic rings. The van der Waals surface area contributed by atoms with Gasteiger partial charge in [0, 0.05) is 60.0 Å². The highest BCUT2D eigenvalue weighted by molar-refractivity contribution is 5.94. The summed E-state index contributed by atoms with van der Waals surface area (Å²) in [6, 6.07) is 43.3. The molecule has 326 valence electrons. The lowest BCUT2D eigenvalue weighted by Gasteiger charge is -2.22. The van der Waals surface area contributed by atoms with Gasteiger partial charge < -0.3 is 19.7 Å². The van der Waals surface area contributed by atoms with Crippen molar-refractivity contribution in [3.63, 3.8) is 0 Å². The van der Waals surface area contributed by atoms with E-state index in [2.05, 4.69) is 9.98 Å². The van der Waals surface area contributed by atoms with E-state index in [1.165, 1.54) is 12.4 Å². The fraction of sp³-hybridized carbons (Fsp3) is 0.222. The lowest BCUT2D eigenvalue weighted by molar-refractivity contribution is -0.145. The van der Waals surface area contributed by atoms with Crippen LogP contribution in [0.4, 0.5) is 0 Å². The Kier molecular flexibility index (Phi) is 16.6. The third-order valence-electron chi connectivity index (χ3n) is 10.4. The number of aliphatic imine (C=N–C) groups is 4. The largest absolute Gasteiger partial charge is 0.507 e. The van der Waals surface area contributed by atoms with E-state index in [1.807, 2.05) is 147 Å². The van der Waals surface area contributed by atoms with Crippen molar-refractivity contribution in [3.8, 4) is 11.5 Å². The van der Waals surface area contributed by atoms with Crippen molar-refractivity contribution in [1.82, 2.24) is 0 Å². The Morgan fingerprint density at radius 1 is 0.484 bits per heavy atom. The molecule has 2 N–H and O–H groups in total. The molecule has 0 radical (unpaired) electrons. The quantitative estimate of drug-likeness (QED) is 0.0614. The van der Waals surface area contributed by atoms with Crippen molar-refractivity contribution in [2.45, 2.75) is 64.7 Å². The van der Waals surface area contributed by atoms with Gasteiger partial charge in [-0.05, 0) is 85.3 Å². The summed E-state index contributed by atoms with van der Waals surface area (Å²) < 4.78 is 10.7. The van der Waals surface area contributed by atoms with E-state index >= 15 is 0 Å². The van der Waals surface area contributed by atoms with Crippen molar-refractivity contribution < 1.29 is 29.3 Å². The molecule has 0 bridgehead atoms. The Bertz CT molecular complexity index is 2400. The topological polar surface area (TPSA) is 142 Å². The smallest absolute Gasteiger partial charge is 0.331 e. The molecule has 0 aromatic heterocycles. The molecule has 64 heavy (non-hydrogen) atoms. The maximum atomic E-state index is 13.0. The van der Waals surface area contributed by atoms with Crippen LogP contribution in [0.2, 0.25) is 0 Å². The van der Waals surface area contributed by atoms with E-state index in [9.17, 15) is 19.8 Å². The van der Waals surface area contributed by atoms with E-state index < -0.39 is 36.1 Å². The zero-order valence-electron chi connectivity index (χ0n) is 36.6. The van der Waals surface area contributed by atoms with Gasteiger partial charge in [0.1, 0.15) is 23.6 Å². The third kappa shape index (κ3) is 12.8. The number of aryl methyl sites for hydroxylation is 2. The zero-order valence-corrected chi connectivity index (χ0v) is 36.6. The van der Waals surface area contributed by atoms with Crippen LogP contribution >= 0.6 is 0 Å². The molecule has 0 unspecified atom stereocenters. The first-order valence-corrected chi connectivity index (χ1v) is 21.4. The molecule has 0 saturated heterocycles. The van der Waals surface area contributed by atoms with Crippen LogP contribution in [0, 0.1) is 13.8 Å². The van der Waals surface area contributed by atoms with Gasteiger partial charge in [0.15, 0.2) is 12.1 Å². The van der Waals surface area contributed by atoms with Gasteiger partial charge in [-0.15, -0.1) is 0 Å². The minimum atomic E-state index is -0.802. The van der Waals surface area contributed by atoms with E-state index in [0.29, 0.717) is 35.1 Å². The molecule has 10 nitrogen and oxygen atoms in total. The standard InChI is InChI=1S/C54H54N4O6/c1-5-63-53(61)47(31-39-19-11-7-12-20-39)55-33-43-27-37(3)29-45(51(43)59)35-57-49(41-23-15-9-16-24-41)50(42-25-17-10-18-26-42)58-36-46-30-38(4)28-44(52(46)60)34-56-48(54(62)64-6-2)32-40-21-13-8-14-22-40/h7-30,33-36,47-50,59-60H,5-6,31-32H2,1-4H3/t47-,48-,49+,50+/m0/s1. The molecule has 0 saturated carbocycles. The normalized spacial score (nSPS) is 13.6. The van der Waals surface area contributed by atoms with Crippen molar-refractivity contribution in [1.29, 1.82) is 0 Å². The number of hydrogen-bond donors (Lipinski definition) is 2.